The molecule has 0 atom stereocenters. The first-order chi connectivity index (χ1) is 10.8. The van der Waals surface area contributed by atoms with Gasteiger partial charge in [-0.05, 0) is 39.8 Å². The molecule has 0 unspecified atom stereocenters. The quantitative estimate of drug-likeness (QED) is 0.926. The molecule has 0 saturated carbocycles. The summed E-state index contributed by atoms with van der Waals surface area (Å²) >= 11 is 0. The SMILES string of the molecule is CCN(CC(=O)NC(C)(C)C)C(=O)C1=Cc2ccccc2OC1. The topological polar surface area (TPSA) is 58.6 Å². The zero-order chi connectivity index (χ0) is 17.0. The van der Waals surface area contributed by atoms with Gasteiger partial charge in [-0.15, -0.1) is 0 Å². The van der Waals surface area contributed by atoms with Crippen molar-refractivity contribution in [3.63, 3.8) is 0 Å². The van der Waals surface area contributed by atoms with Crippen molar-refractivity contribution in [3.05, 3.63) is 35.4 Å². The van der Waals surface area contributed by atoms with Crippen LogP contribution in [0.15, 0.2) is 29.8 Å². The van der Waals surface area contributed by atoms with Crippen molar-refractivity contribution in [2.75, 3.05) is 19.7 Å². The van der Waals surface area contributed by atoms with E-state index in [1.54, 1.807) is 0 Å². The fourth-order valence-electron chi connectivity index (χ4n) is 2.40. The molecule has 0 fully saturated rings. The van der Waals surface area contributed by atoms with E-state index in [0.29, 0.717) is 12.1 Å². The Morgan fingerprint density at radius 2 is 1.96 bits per heavy atom. The fourth-order valence-corrected chi connectivity index (χ4v) is 2.40. The van der Waals surface area contributed by atoms with E-state index in [4.69, 9.17) is 4.74 Å². The molecule has 1 aromatic carbocycles. The molecule has 0 aliphatic carbocycles. The number of hydrogen-bond acceptors (Lipinski definition) is 3. The van der Waals surface area contributed by atoms with Crippen LogP contribution in [0.4, 0.5) is 0 Å². The van der Waals surface area contributed by atoms with Crippen molar-refractivity contribution in [3.8, 4) is 5.75 Å². The first kappa shape index (κ1) is 17.1. The van der Waals surface area contributed by atoms with E-state index in [1.165, 1.54) is 4.90 Å². The number of amides is 2. The summed E-state index contributed by atoms with van der Waals surface area (Å²) in [5, 5.41) is 2.87. The van der Waals surface area contributed by atoms with Crippen molar-refractivity contribution in [2.45, 2.75) is 33.2 Å². The highest BCUT2D eigenvalue weighted by Gasteiger charge is 2.24. The Balaban J connectivity index is 2.09. The molecule has 1 aromatic rings. The lowest BCUT2D eigenvalue weighted by Gasteiger charge is -2.26. The first-order valence-electron chi connectivity index (χ1n) is 7.83. The molecule has 2 amide bonds. The predicted molar refractivity (Wildman–Crippen MR) is 90.1 cm³/mol. The van der Waals surface area contributed by atoms with E-state index < -0.39 is 0 Å². The van der Waals surface area contributed by atoms with E-state index >= 15 is 0 Å². The minimum atomic E-state index is -0.314. The number of carbonyl (C=O) groups excluding carboxylic acids is 2. The van der Waals surface area contributed by atoms with Gasteiger partial charge in [0.2, 0.25) is 5.91 Å². The highest BCUT2D eigenvalue weighted by Crippen LogP contribution is 2.26. The molecule has 0 aromatic heterocycles. The number of ether oxygens (including phenoxy) is 1. The molecular formula is C18H24N2O3. The molecular weight excluding hydrogens is 292 g/mol. The van der Waals surface area contributed by atoms with E-state index in [1.807, 2.05) is 58.0 Å². The lowest BCUT2D eigenvalue weighted by molar-refractivity contribution is -0.133. The highest BCUT2D eigenvalue weighted by molar-refractivity contribution is 6.00. The Morgan fingerprint density at radius 1 is 1.26 bits per heavy atom. The molecule has 5 nitrogen and oxygen atoms in total. The number of rotatable bonds is 4. The minimum Gasteiger partial charge on any atom is -0.488 e. The van der Waals surface area contributed by atoms with Crippen LogP contribution in [0.1, 0.15) is 33.3 Å². The van der Waals surface area contributed by atoms with Gasteiger partial charge in [-0.2, -0.15) is 0 Å². The normalized spacial score (nSPS) is 13.5. The van der Waals surface area contributed by atoms with E-state index in [0.717, 1.165) is 11.3 Å². The van der Waals surface area contributed by atoms with Crippen LogP contribution in [0, 0.1) is 0 Å². The number of hydrogen-bond donors (Lipinski definition) is 1. The summed E-state index contributed by atoms with van der Waals surface area (Å²) in [6.07, 6.45) is 1.84. The molecule has 0 saturated heterocycles. The van der Waals surface area contributed by atoms with E-state index in [-0.39, 0.29) is 30.5 Å². The lowest BCUT2D eigenvalue weighted by atomic mass is 10.1. The minimum absolute atomic E-state index is 0.0472. The molecule has 1 heterocycles. The van der Waals surface area contributed by atoms with Crippen molar-refractivity contribution in [1.82, 2.24) is 10.2 Å². The Labute approximate surface area is 137 Å². The van der Waals surface area contributed by atoms with Crippen LogP contribution in [0.25, 0.3) is 6.08 Å². The van der Waals surface area contributed by atoms with Crippen LogP contribution in [-0.4, -0.2) is 41.9 Å². The maximum absolute atomic E-state index is 12.6. The number of benzene rings is 1. The van der Waals surface area contributed by atoms with Crippen molar-refractivity contribution < 1.29 is 14.3 Å². The van der Waals surface area contributed by atoms with Gasteiger partial charge in [0, 0.05) is 17.6 Å². The summed E-state index contributed by atoms with van der Waals surface area (Å²) in [4.78, 5) is 26.2. The average Bonchev–Trinajstić information content (AvgIpc) is 2.49. The Morgan fingerprint density at radius 3 is 2.61 bits per heavy atom. The Kier molecular flexibility index (Phi) is 5.08. The Bertz CT molecular complexity index is 629. The first-order valence-corrected chi connectivity index (χ1v) is 7.83. The number of para-hydroxylation sites is 1. The summed E-state index contributed by atoms with van der Waals surface area (Å²) < 4.78 is 5.62. The molecule has 0 radical (unpaired) electrons. The lowest BCUT2D eigenvalue weighted by Crippen LogP contribution is -2.47. The van der Waals surface area contributed by atoms with Crippen LogP contribution in [-0.2, 0) is 9.59 Å². The number of carbonyl (C=O) groups is 2. The summed E-state index contributed by atoms with van der Waals surface area (Å²) in [5.74, 6) is 0.453. The number of fused-ring (bicyclic) bond motifs is 1. The third-order valence-electron chi connectivity index (χ3n) is 3.42. The molecule has 1 N–H and O–H groups in total. The average molecular weight is 316 g/mol. The fraction of sp³-hybridized carbons (Fsp3) is 0.444. The van der Waals surface area contributed by atoms with Crippen LogP contribution in [0.3, 0.4) is 0 Å². The van der Waals surface area contributed by atoms with Gasteiger partial charge in [-0.3, -0.25) is 9.59 Å². The van der Waals surface area contributed by atoms with Gasteiger partial charge in [0.05, 0.1) is 12.1 Å². The zero-order valence-electron chi connectivity index (χ0n) is 14.2. The Hall–Kier alpha value is -2.30. The highest BCUT2D eigenvalue weighted by atomic mass is 16.5. The summed E-state index contributed by atoms with van der Waals surface area (Å²) in [7, 11) is 0. The van der Waals surface area contributed by atoms with Gasteiger partial charge in [0.1, 0.15) is 12.4 Å². The van der Waals surface area contributed by atoms with Crippen molar-refractivity contribution >= 4 is 17.9 Å². The number of nitrogens with one attached hydrogen (secondary N) is 1. The van der Waals surface area contributed by atoms with Crippen LogP contribution in [0.2, 0.25) is 0 Å². The van der Waals surface area contributed by atoms with Crippen LogP contribution >= 0.6 is 0 Å². The van der Waals surface area contributed by atoms with E-state index in [2.05, 4.69) is 5.32 Å². The van der Waals surface area contributed by atoms with Crippen molar-refractivity contribution in [2.24, 2.45) is 0 Å². The number of likely N-dealkylation sites (N-methyl/N-ethyl adjacent to an activating group) is 1. The predicted octanol–water partition coefficient (Wildman–Crippen LogP) is 2.23. The molecule has 0 spiro atoms. The molecule has 5 heteroatoms. The molecule has 0 bridgehead atoms. The second-order valence-corrected chi connectivity index (χ2v) is 6.61. The van der Waals surface area contributed by atoms with Gasteiger partial charge < -0.3 is 15.0 Å². The molecule has 1 aliphatic rings. The van der Waals surface area contributed by atoms with Gasteiger partial charge in [0.25, 0.3) is 5.91 Å². The van der Waals surface area contributed by atoms with Gasteiger partial charge in [0.15, 0.2) is 0 Å². The van der Waals surface area contributed by atoms with Gasteiger partial charge in [-0.25, -0.2) is 0 Å². The van der Waals surface area contributed by atoms with Crippen LogP contribution in [0.5, 0.6) is 5.75 Å². The van der Waals surface area contributed by atoms with Gasteiger partial charge in [-0.1, -0.05) is 18.2 Å². The smallest absolute Gasteiger partial charge is 0.253 e. The maximum atomic E-state index is 12.6. The van der Waals surface area contributed by atoms with Crippen LogP contribution < -0.4 is 10.1 Å². The molecule has 2 rings (SSSR count). The molecule has 124 valence electrons. The third-order valence-corrected chi connectivity index (χ3v) is 3.42. The second-order valence-electron chi connectivity index (χ2n) is 6.61. The number of nitrogens with zero attached hydrogens (tertiary/aromatic N) is 1. The standard InChI is InChI=1S/C18H24N2O3/c1-5-20(11-16(21)19-18(2,3)4)17(22)14-10-13-8-6-7-9-15(13)23-12-14/h6-10H,5,11-12H2,1-4H3,(H,19,21). The monoisotopic (exact) mass is 316 g/mol. The summed E-state index contributed by atoms with van der Waals surface area (Å²) in [6.45, 7) is 8.35. The van der Waals surface area contributed by atoms with Crippen molar-refractivity contribution in [1.29, 1.82) is 0 Å². The van der Waals surface area contributed by atoms with E-state index in [9.17, 15) is 9.59 Å². The molecule has 1 aliphatic heterocycles. The molecule has 23 heavy (non-hydrogen) atoms. The summed E-state index contributed by atoms with van der Waals surface area (Å²) in [6, 6.07) is 7.58. The second kappa shape index (κ2) is 6.86. The van der Waals surface area contributed by atoms with Gasteiger partial charge >= 0.3 is 0 Å². The maximum Gasteiger partial charge on any atom is 0.253 e. The zero-order valence-corrected chi connectivity index (χ0v) is 14.2. The summed E-state index contributed by atoms with van der Waals surface area (Å²) in [5.41, 5.74) is 1.14. The largest absolute Gasteiger partial charge is 0.488 e. The third kappa shape index (κ3) is 4.58.